The van der Waals surface area contributed by atoms with Gasteiger partial charge in [-0.15, -0.1) is 0 Å². The van der Waals surface area contributed by atoms with E-state index in [1.165, 1.54) is 17.7 Å². The molecule has 42 heavy (non-hydrogen) atoms. The van der Waals surface area contributed by atoms with E-state index in [-0.39, 0.29) is 23.0 Å². The first kappa shape index (κ1) is 28.5. The van der Waals surface area contributed by atoms with Gasteiger partial charge in [0.1, 0.15) is 17.5 Å². The second-order valence-corrected chi connectivity index (χ2v) is 12.5. The number of amides is 3. The topological polar surface area (TPSA) is 88.9 Å². The largest absolute Gasteiger partial charge is 0.496 e. The molecule has 3 atom stereocenters. The number of likely N-dealkylation sites (tertiary alicyclic amines) is 1. The summed E-state index contributed by atoms with van der Waals surface area (Å²) in [4.78, 5) is 57.1. The van der Waals surface area contributed by atoms with Crippen molar-refractivity contribution < 1.29 is 32.3 Å². The van der Waals surface area contributed by atoms with E-state index < -0.39 is 40.6 Å². The SMILES string of the molecule is COc1ccccc1C1c2sc(=O)n(CC(=O)N3CCCCC3)c2SC2C(=O)N(c3cccc(C(F)(F)F)c3)C(=O)C21. The second-order valence-electron chi connectivity index (χ2n) is 10.4. The van der Waals surface area contributed by atoms with Crippen LogP contribution in [0.1, 0.15) is 41.2 Å². The number of ether oxygens (including phenoxy) is 1. The summed E-state index contributed by atoms with van der Waals surface area (Å²) < 4.78 is 47.5. The number of methoxy groups -OCH3 is 1. The number of fused-ring (bicyclic) bond motifs is 2. The van der Waals surface area contributed by atoms with Gasteiger partial charge >= 0.3 is 11.0 Å². The smallest absolute Gasteiger partial charge is 0.416 e. The first-order valence-electron chi connectivity index (χ1n) is 13.5. The average molecular weight is 618 g/mol. The fourth-order valence-corrected chi connectivity index (χ4v) is 8.73. The Bertz CT molecular complexity index is 1630. The van der Waals surface area contributed by atoms with Gasteiger partial charge in [-0.1, -0.05) is 47.4 Å². The normalized spacial score (nSPS) is 22.2. The van der Waals surface area contributed by atoms with Crippen molar-refractivity contribution in [3.05, 3.63) is 74.2 Å². The van der Waals surface area contributed by atoms with Gasteiger partial charge in [0.05, 0.1) is 29.3 Å². The number of hydrogen-bond donors (Lipinski definition) is 0. The van der Waals surface area contributed by atoms with E-state index >= 15 is 0 Å². The van der Waals surface area contributed by atoms with Gasteiger partial charge in [-0.25, -0.2) is 4.90 Å². The Hall–Kier alpha value is -3.58. The zero-order valence-corrected chi connectivity index (χ0v) is 24.1. The maximum absolute atomic E-state index is 14.0. The second kappa shape index (κ2) is 10.9. The highest BCUT2D eigenvalue weighted by molar-refractivity contribution is 8.00. The third kappa shape index (κ3) is 4.81. The fraction of sp³-hybridized carbons (Fsp3) is 0.379. The van der Waals surface area contributed by atoms with Crippen molar-refractivity contribution in [1.82, 2.24) is 9.47 Å². The van der Waals surface area contributed by atoms with E-state index in [1.807, 2.05) is 0 Å². The molecule has 0 saturated carbocycles. The Morgan fingerprint density at radius 3 is 2.45 bits per heavy atom. The van der Waals surface area contributed by atoms with Crippen molar-refractivity contribution in [1.29, 1.82) is 0 Å². The molecule has 2 saturated heterocycles. The zero-order chi connectivity index (χ0) is 29.8. The van der Waals surface area contributed by atoms with Gasteiger partial charge in [-0.2, -0.15) is 13.2 Å². The standard InChI is InChI=1S/C29H26F3N3O5S2/c1-40-19-11-4-3-10-18(19)21-22-23(26(38)35(25(22)37)17-9-7-8-16(14-17)29(30,31)32)41-27-24(21)42-28(39)34(27)15-20(36)33-12-5-2-6-13-33/h3-4,7-11,14,21-23H,2,5-6,12-13,15H2,1H3. The van der Waals surface area contributed by atoms with Gasteiger partial charge in [0.15, 0.2) is 0 Å². The monoisotopic (exact) mass is 617 g/mol. The van der Waals surface area contributed by atoms with Crippen LogP contribution in [0.2, 0.25) is 0 Å². The highest BCUT2D eigenvalue weighted by atomic mass is 32.2. The van der Waals surface area contributed by atoms with Crippen LogP contribution in [-0.4, -0.2) is 52.6 Å². The lowest BCUT2D eigenvalue weighted by Crippen LogP contribution is -2.39. The molecule has 6 rings (SSSR count). The molecule has 0 N–H and O–H groups in total. The van der Waals surface area contributed by atoms with E-state index in [4.69, 9.17) is 4.74 Å². The molecule has 0 spiro atoms. The summed E-state index contributed by atoms with van der Waals surface area (Å²) >= 11 is 1.94. The highest BCUT2D eigenvalue weighted by Gasteiger charge is 2.57. The van der Waals surface area contributed by atoms with Crippen LogP contribution in [0.3, 0.4) is 0 Å². The highest BCUT2D eigenvalue weighted by Crippen LogP contribution is 2.55. The predicted octanol–water partition coefficient (Wildman–Crippen LogP) is 4.75. The van der Waals surface area contributed by atoms with Crippen LogP contribution in [-0.2, 0) is 27.1 Å². The lowest BCUT2D eigenvalue weighted by molar-refractivity contribution is -0.137. The van der Waals surface area contributed by atoms with Crippen molar-refractivity contribution in [2.75, 3.05) is 25.1 Å². The first-order chi connectivity index (χ1) is 20.1. The molecule has 2 aromatic carbocycles. The summed E-state index contributed by atoms with van der Waals surface area (Å²) in [5, 5.41) is -0.612. The number of rotatable bonds is 5. The van der Waals surface area contributed by atoms with Crippen LogP contribution in [0.4, 0.5) is 18.9 Å². The number of thioether (sulfide) groups is 1. The van der Waals surface area contributed by atoms with E-state index in [2.05, 4.69) is 0 Å². The number of piperidine rings is 1. The third-order valence-corrected chi connectivity index (χ3v) is 10.6. The van der Waals surface area contributed by atoms with Crippen LogP contribution in [0.5, 0.6) is 5.75 Å². The molecule has 0 radical (unpaired) electrons. The zero-order valence-electron chi connectivity index (χ0n) is 22.4. The fourth-order valence-electron chi connectivity index (χ4n) is 5.97. The molecule has 4 heterocycles. The number of halogens is 3. The van der Waals surface area contributed by atoms with Gasteiger partial charge in [0.2, 0.25) is 17.7 Å². The minimum atomic E-state index is -4.66. The number of aromatic nitrogens is 1. The number of nitrogens with zero attached hydrogens (tertiary/aromatic N) is 3. The minimum absolute atomic E-state index is 0.172. The molecule has 3 aliphatic heterocycles. The summed E-state index contributed by atoms with van der Waals surface area (Å²) in [5.74, 6) is -2.89. The summed E-state index contributed by atoms with van der Waals surface area (Å²) in [7, 11) is 1.47. The number of benzene rings is 2. The van der Waals surface area contributed by atoms with Crippen LogP contribution >= 0.6 is 23.1 Å². The Balaban J connectivity index is 1.45. The Morgan fingerprint density at radius 1 is 1.00 bits per heavy atom. The summed E-state index contributed by atoms with van der Waals surface area (Å²) in [6.07, 6.45) is -1.85. The van der Waals surface area contributed by atoms with E-state index in [1.54, 1.807) is 29.2 Å². The van der Waals surface area contributed by atoms with Crippen molar-refractivity contribution in [3.8, 4) is 5.75 Å². The number of alkyl halides is 3. The van der Waals surface area contributed by atoms with Crippen molar-refractivity contribution in [3.63, 3.8) is 0 Å². The van der Waals surface area contributed by atoms with Crippen molar-refractivity contribution in [2.45, 2.75) is 48.2 Å². The Kier molecular flexibility index (Phi) is 7.42. The molecule has 3 aliphatic rings. The summed E-state index contributed by atoms with van der Waals surface area (Å²) in [6, 6.07) is 11.1. The van der Waals surface area contributed by atoms with Crippen LogP contribution in [0, 0.1) is 5.92 Å². The predicted molar refractivity (Wildman–Crippen MR) is 151 cm³/mol. The molecule has 3 amide bonds. The molecule has 8 nitrogen and oxygen atoms in total. The minimum Gasteiger partial charge on any atom is -0.496 e. The number of carbonyl (C=O) groups excluding carboxylic acids is 3. The van der Waals surface area contributed by atoms with E-state index in [0.29, 0.717) is 34.3 Å². The molecule has 3 unspecified atom stereocenters. The van der Waals surface area contributed by atoms with Gasteiger partial charge in [0.25, 0.3) is 0 Å². The molecule has 2 fully saturated rings. The Morgan fingerprint density at radius 2 is 1.74 bits per heavy atom. The summed E-state index contributed by atoms with van der Waals surface area (Å²) in [6.45, 7) is 1.02. The quantitative estimate of drug-likeness (QED) is 0.385. The van der Waals surface area contributed by atoms with Gasteiger partial charge < -0.3 is 9.64 Å². The van der Waals surface area contributed by atoms with E-state index in [9.17, 15) is 32.3 Å². The first-order valence-corrected chi connectivity index (χ1v) is 15.2. The molecule has 3 aromatic rings. The molecule has 0 aliphatic carbocycles. The van der Waals surface area contributed by atoms with Crippen LogP contribution < -0.4 is 14.5 Å². The molecule has 0 bridgehead atoms. The lowest BCUT2D eigenvalue weighted by atomic mass is 9.82. The van der Waals surface area contributed by atoms with E-state index in [0.717, 1.165) is 65.5 Å². The molecule has 1 aromatic heterocycles. The molecular formula is C29H26F3N3O5S2. The molecular weight excluding hydrogens is 591 g/mol. The number of thiazole rings is 1. The van der Waals surface area contributed by atoms with Crippen LogP contribution in [0.15, 0.2) is 58.4 Å². The number of hydrogen-bond acceptors (Lipinski definition) is 7. The van der Waals surface area contributed by atoms with Crippen molar-refractivity contribution >= 4 is 46.5 Å². The van der Waals surface area contributed by atoms with Crippen LogP contribution in [0.25, 0.3) is 0 Å². The van der Waals surface area contributed by atoms with Gasteiger partial charge in [-0.3, -0.25) is 23.7 Å². The summed E-state index contributed by atoms with van der Waals surface area (Å²) in [5.41, 5.74) is -0.581. The maximum Gasteiger partial charge on any atom is 0.416 e. The number of imide groups is 1. The number of carbonyl (C=O) groups is 3. The maximum atomic E-state index is 14.0. The van der Waals surface area contributed by atoms with Gasteiger partial charge in [0, 0.05) is 29.4 Å². The number of anilines is 1. The molecule has 220 valence electrons. The number of para-hydroxylation sites is 1. The lowest BCUT2D eigenvalue weighted by Gasteiger charge is -2.32. The third-order valence-electron chi connectivity index (χ3n) is 7.96. The molecule has 13 heteroatoms. The van der Waals surface area contributed by atoms with Crippen molar-refractivity contribution in [2.24, 2.45) is 5.92 Å². The average Bonchev–Trinajstić information content (AvgIpc) is 3.43. The Labute approximate surface area is 247 Å². The van der Waals surface area contributed by atoms with Gasteiger partial charge in [-0.05, 0) is 43.5 Å².